The van der Waals surface area contributed by atoms with E-state index in [1.165, 1.54) is 12.1 Å². The van der Waals surface area contributed by atoms with Crippen molar-refractivity contribution in [3.63, 3.8) is 0 Å². The number of nitro groups is 1. The molecule has 0 spiro atoms. The van der Waals surface area contributed by atoms with Crippen molar-refractivity contribution in [1.29, 1.82) is 0 Å². The Morgan fingerprint density at radius 2 is 2.00 bits per heavy atom. The lowest BCUT2D eigenvalue weighted by molar-refractivity contribution is -0.384. The molecule has 0 bridgehead atoms. The molecule has 2 N–H and O–H groups in total. The van der Waals surface area contributed by atoms with E-state index in [-0.39, 0.29) is 23.7 Å². The van der Waals surface area contributed by atoms with E-state index in [9.17, 15) is 18.5 Å². The van der Waals surface area contributed by atoms with Gasteiger partial charge in [-0.2, -0.15) is 0 Å². The molecule has 0 radical (unpaired) electrons. The molecule has 0 aliphatic heterocycles. The smallest absolute Gasteiger partial charge is 0.273 e. The molecule has 1 aromatic rings. The minimum absolute atomic E-state index is 0.0217. The van der Waals surface area contributed by atoms with Crippen molar-refractivity contribution in [1.82, 2.24) is 0 Å². The number of rotatable bonds is 5. The normalized spacial score (nSPS) is 11.2. The molecule has 0 fully saturated rings. The predicted octanol–water partition coefficient (Wildman–Crippen LogP) is 0.658. The van der Waals surface area contributed by atoms with Gasteiger partial charge < -0.3 is 10.6 Å². The molecule has 0 aliphatic carbocycles. The van der Waals surface area contributed by atoms with Gasteiger partial charge in [-0.15, -0.1) is 0 Å². The quantitative estimate of drug-likeness (QED) is 0.479. The summed E-state index contributed by atoms with van der Waals surface area (Å²) in [4.78, 5) is 11.8. The van der Waals surface area contributed by atoms with E-state index in [4.69, 9.17) is 5.73 Å². The number of hydrogen-bond acceptors (Lipinski definition) is 6. The highest BCUT2D eigenvalue weighted by Gasteiger charge is 2.12. The summed E-state index contributed by atoms with van der Waals surface area (Å²) < 4.78 is 22.1. The van der Waals surface area contributed by atoms with Crippen LogP contribution in [-0.2, 0) is 9.84 Å². The Morgan fingerprint density at radius 1 is 1.39 bits per heavy atom. The van der Waals surface area contributed by atoms with Crippen LogP contribution in [0.5, 0.6) is 0 Å². The summed E-state index contributed by atoms with van der Waals surface area (Å²) in [5, 5.41) is 10.7. The highest BCUT2D eigenvalue weighted by atomic mass is 32.2. The van der Waals surface area contributed by atoms with Crippen LogP contribution in [0.25, 0.3) is 0 Å². The van der Waals surface area contributed by atoms with Crippen LogP contribution in [0.15, 0.2) is 18.2 Å². The van der Waals surface area contributed by atoms with Gasteiger partial charge in [-0.1, -0.05) is 0 Å². The predicted molar refractivity (Wildman–Crippen MR) is 70.5 cm³/mol. The number of sulfone groups is 1. The molecule has 0 unspecified atom stereocenters. The SMILES string of the molecule is CN(CCS(C)(=O)=O)c1cc(N)cc([N+](=O)[O-])c1. The maximum atomic E-state index is 11.0. The van der Waals surface area contributed by atoms with Crippen LogP contribution in [0.1, 0.15) is 0 Å². The van der Waals surface area contributed by atoms with Gasteiger partial charge in [0.15, 0.2) is 0 Å². The standard InChI is InChI=1S/C10H15N3O4S/c1-12(3-4-18(2,16)17)9-5-8(11)6-10(7-9)13(14)15/h5-7H,3-4,11H2,1-2H3. The zero-order valence-electron chi connectivity index (χ0n) is 10.2. The van der Waals surface area contributed by atoms with E-state index >= 15 is 0 Å². The van der Waals surface area contributed by atoms with Crippen LogP contribution in [-0.4, -0.2) is 38.9 Å². The average molecular weight is 273 g/mol. The van der Waals surface area contributed by atoms with Gasteiger partial charge in [0.2, 0.25) is 0 Å². The van der Waals surface area contributed by atoms with E-state index in [2.05, 4.69) is 0 Å². The van der Waals surface area contributed by atoms with Gasteiger partial charge in [0, 0.05) is 43.4 Å². The summed E-state index contributed by atoms with van der Waals surface area (Å²) >= 11 is 0. The first kappa shape index (κ1) is 14.2. The third-order valence-electron chi connectivity index (χ3n) is 2.37. The second kappa shape index (κ2) is 5.21. The molecule has 7 nitrogen and oxygen atoms in total. The lowest BCUT2D eigenvalue weighted by atomic mass is 10.2. The Balaban J connectivity index is 2.92. The van der Waals surface area contributed by atoms with Gasteiger partial charge >= 0.3 is 0 Å². The first-order valence-electron chi connectivity index (χ1n) is 5.13. The minimum atomic E-state index is -3.07. The monoisotopic (exact) mass is 273 g/mol. The van der Waals surface area contributed by atoms with Crippen LogP contribution >= 0.6 is 0 Å². The maximum absolute atomic E-state index is 11.0. The number of hydrogen-bond donors (Lipinski definition) is 1. The van der Waals surface area contributed by atoms with Gasteiger partial charge in [0.25, 0.3) is 5.69 Å². The van der Waals surface area contributed by atoms with E-state index in [1.54, 1.807) is 18.0 Å². The van der Waals surface area contributed by atoms with Crippen molar-refractivity contribution in [2.75, 3.05) is 36.2 Å². The molecule has 0 saturated heterocycles. The van der Waals surface area contributed by atoms with Crippen LogP contribution in [0.2, 0.25) is 0 Å². The van der Waals surface area contributed by atoms with Gasteiger partial charge in [0.1, 0.15) is 9.84 Å². The second-order valence-corrected chi connectivity index (χ2v) is 6.35. The molecule has 8 heteroatoms. The summed E-state index contributed by atoms with van der Waals surface area (Å²) in [5.41, 5.74) is 6.24. The number of anilines is 2. The van der Waals surface area contributed by atoms with E-state index in [0.717, 1.165) is 6.26 Å². The second-order valence-electron chi connectivity index (χ2n) is 4.09. The minimum Gasteiger partial charge on any atom is -0.398 e. The van der Waals surface area contributed by atoms with Gasteiger partial charge in [-0.3, -0.25) is 10.1 Å². The summed E-state index contributed by atoms with van der Waals surface area (Å²) in [5.74, 6) is -0.0217. The Bertz CT molecular complexity index is 556. The van der Waals surface area contributed by atoms with Crippen molar-refractivity contribution in [2.24, 2.45) is 0 Å². The van der Waals surface area contributed by atoms with E-state index < -0.39 is 14.8 Å². The zero-order chi connectivity index (χ0) is 13.9. The zero-order valence-corrected chi connectivity index (χ0v) is 11.0. The molecule has 0 atom stereocenters. The Labute approximate surface area is 105 Å². The molecule has 0 saturated carbocycles. The summed E-state index contributed by atoms with van der Waals surface area (Å²) in [7, 11) is -1.41. The molecule has 0 heterocycles. The Morgan fingerprint density at radius 3 is 2.50 bits per heavy atom. The molecule has 0 aromatic heterocycles. The summed E-state index contributed by atoms with van der Waals surface area (Å²) in [6.45, 7) is 0.249. The van der Waals surface area contributed by atoms with E-state index in [1.807, 2.05) is 0 Å². The fourth-order valence-electron chi connectivity index (χ4n) is 1.38. The first-order valence-corrected chi connectivity index (χ1v) is 7.19. The fourth-order valence-corrected chi connectivity index (χ4v) is 1.98. The first-order chi connectivity index (χ1) is 8.19. The van der Waals surface area contributed by atoms with Crippen LogP contribution in [0.4, 0.5) is 17.1 Å². The highest BCUT2D eigenvalue weighted by Crippen LogP contribution is 2.24. The number of nitrogens with zero attached hydrogens (tertiary/aromatic N) is 2. The molecule has 100 valence electrons. The van der Waals surface area contributed by atoms with Crippen molar-refractivity contribution < 1.29 is 13.3 Å². The van der Waals surface area contributed by atoms with Crippen molar-refractivity contribution in [3.8, 4) is 0 Å². The van der Waals surface area contributed by atoms with Crippen molar-refractivity contribution in [2.45, 2.75) is 0 Å². The highest BCUT2D eigenvalue weighted by molar-refractivity contribution is 7.90. The third kappa shape index (κ3) is 4.21. The summed E-state index contributed by atoms with van der Waals surface area (Å²) in [6, 6.07) is 4.18. The number of benzene rings is 1. The van der Waals surface area contributed by atoms with Crippen molar-refractivity contribution >= 4 is 26.9 Å². The number of nitrogens with two attached hydrogens (primary N) is 1. The molecular formula is C10H15N3O4S. The van der Waals surface area contributed by atoms with Crippen LogP contribution in [0, 0.1) is 10.1 Å². The molecule has 1 aromatic carbocycles. The Hall–Kier alpha value is -1.83. The average Bonchev–Trinajstić information content (AvgIpc) is 2.23. The number of nitro benzene ring substituents is 1. The summed E-state index contributed by atoms with van der Waals surface area (Å²) in [6.07, 6.45) is 1.14. The Kier molecular flexibility index (Phi) is 4.12. The number of non-ortho nitro benzene ring substituents is 1. The van der Waals surface area contributed by atoms with E-state index in [0.29, 0.717) is 5.69 Å². The van der Waals surface area contributed by atoms with Crippen LogP contribution < -0.4 is 10.6 Å². The maximum Gasteiger partial charge on any atom is 0.273 e. The fraction of sp³-hybridized carbons (Fsp3) is 0.400. The molecule has 0 aliphatic rings. The molecule has 18 heavy (non-hydrogen) atoms. The number of nitrogen functional groups attached to an aromatic ring is 1. The third-order valence-corrected chi connectivity index (χ3v) is 3.30. The van der Waals surface area contributed by atoms with Gasteiger partial charge in [0.05, 0.1) is 10.7 Å². The molecular weight excluding hydrogens is 258 g/mol. The van der Waals surface area contributed by atoms with Gasteiger partial charge in [-0.05, 0) is 6.07 Å². The van der Waals surface area contributed by atoms with Crippen molar-refractivity contribution in [3.05, 3.63) is 28.3 Å². The molecule has 1 rings (SSSR count). The van der Waals surface area contributed by atoms with Gasteiger partial charge in [-0.25, -0.2) is 8.42 Å². The lowest BCUT2D eigenvalue weighted by Crippen LogP contribution is -2.24. The largest absolute Gasteiger partial charge is 0.398 e. The molecule has 0 amide bonds. The lowest BCUT2D eigenvalue weighted by Gasteiger charge is -2.18. The topological polar surface area (TPSA) is 107 Å². The van der Waals surface area contributed by atoms with Crippen LogP contribution in [0.3, 0.4) is 0 Å².